The lowest BCUT2D eigenvalue weighted by atomic mass is 10.3. The maximum Gasteiger partial charge on any atom is 0.119 e. The molecule has 0 aliphatic heterocycles. The predicted octanol–water partition coefficient (Wildman–Crippen LogP) is 4.28. The summed E-state index contributed by atoms with van der Waals surface area (Å²) in [7, 11) is 1.68. The van der Waals surface area contributed by atoms with E-state index in [2.05, 4.69) is 10.3 Å². The van der Waals surface area contributed by atoms with Crippen molar-refractivity contribution in [2.75, 3.05) is 18.7 Å². The first kappa shape index (κ1) is 14.7. The quantitative estimate of drug-likeness (QED) is 0.807. The highest BCUT2D eigenvalue weighted by Crippen LogP contribution is 2.28. The molecule has 0 aliphatic rings. The molecule has 102 valence electrons. The highest BCUT2D eigenvalue weighted by molar-refractivity contribution is 7.98. The Labute approximate surface area is 126 Å². The second kappa shape index (κ2) is 7.14. The van der Waals surface area contributed by atoms with Gasteiger partial charge in [-0.05, 0) is 24.5 Å². The van der Waals surface area contributed by atoms with Gasteiger partial charge in [0.25, 0.3) is 0 Å². The van der Waals surface area contributed by atoms with Gasteiger partial charge in [0.05, 0.1) is 23.9 Å². The molecule has 0 amide bonds. The number of thiazole rings is 1. The largest absolute Gasteiger partial charge is 0.379 e. The van der Waals surface area contributed by atoms with E-state index in [9.17, 15) is 0 Å². The van der Waals surface area contributed by atoms with Gasteiger partial charge < -0.3 is 10.1 Å². The topological polar surface area (TPSA) is 34.1 Å². The van der Waals surface area contributed by atoms with Gasteiger partial charge in [0.1, 0.15) is 5.01 Å². The summed E-state index contributed by atoms with van der Waals surface area (Å²) < 4.78 is 5.05. The van der Waals surface area contributed by atoms with E-state index in [0.29, 0.717) is 13.2 Å². The van der Waals surface area contributed by atoms with Gasteiger partial charge in [-0.15, -0.1) is 23.1 Å². The number of hydrogen-bond acceptors (Lipinski definition) is 5. The summed E-state index contributed by atoms with van der Waals surface area (Å²) in [6, 6.07) is 5.99. The Bertz CT molecular complexity index is 545. The van der Waals surface area contributed by atoms with Gasteiger partial charge in [-0.1, -0.05) is 11.6 Å². The van der Waals surface area contributed by atoms with Crippen molar-refractivity contribution in [3.05, 3.63) is 39.3 Å². The summed E-state index contributed by atoms with van der Waals surface area (Å²) in [5.41, 5.74) is 2.02. The molecule has 1 aromatic carbocycles. The van der Waals surface area contributed by atoms with Crippen LogP contribution in [-0.2, 0) is 17.9 Å². The molecule has 1 aromatic heterocycles. The summed E-state index contributed by atoms with van der Waals surface area (Å²) in [5, 5.41) is 7.13. The van der Waals surface area contributed by atoms with Crippen LogP contribution in [0.4, 0.5) is 5.69 Å². The minimum Gasteiger partial charge on any atom is -0.379 e. The van der Waals surface area contributed by atoms with Crippen molar-refractivity contribution >= 4 is 40.4 Å². The van der Waals surface area contributed by atoms with Crippen LogP contribution in [0.5, 0.6) is 0 Å². The average Bonchev–Trinajstić information content (AvgIpc) is 2.85. The van der Waals surface area contributed by atoms with Gasteiger partial charge in [0, 0.05) is 23.1 Å². The Morgan fingerprint density at radius 1 is 1.47 bits per heavy atom. The number of methoxy groups -OCH3 is 1. The highest BCUT2D eigenvalue weighted by atomic mass is 35.5. The molecule has 6 heteroatoms. The maximum absolute atomic E-state index is 6.17. The molecule has 0 aliphatic carbocycles. The molecule has 19 heavy (non-hydrogen) atoms. The Kier molecular flexibility index (Phi) is 5.51. The first-order chi connectivity index (χ1) is 9.22. The van der Waals surface area contributed by atoms with Crippen LogP contribution >= 0.6 is 34.7 Å². The third-order valence-electron chi connectivity index (χ3n) is 2.49. The van der Waals surface area contributed by atoms with Gasteiger partial charge in [-0.2, -0.15) is 0 Å². The van der Waals surface area contributed by atoms with Crippen LogP contribution in [0.15, 0.2) is 28.5 Å². The Balaban J connectivity index is 1.95. The molecule has 0 saturated carbocycles. The van der Waals surface area contributed by atoms with Crippen LogP contribution in [0.25, 0.3) is 0 Å². The number of nitrogens with one attached hydrogen (secondary N) is 1. The van der Waals surface area contributed by atoms with Crippen LogP contribution in [0.1, 0.15) is 10.7 Å². The van der Waals surface area contributed by atoms with E-state index in [4.69, 9.17) is 16.3 Å². The van der Waals surface area contributed by atoms with Gasteiger partial charge in [0.15, 0.2) is 0 Å². The van der Waals surface area contributed by atoms with Crippen molar-refractivity contribution in [3.8, 4) is 0 Å². The summed E-state index contributed by atoms with van der Waals surface area (Å²) in [6.45, 7) is 1.26. The summed E-state index contributed by atoms with van der Waals surface area (Å²) in [5.74, 6) is 0. The number of aromatic nitrogens is 1. The summed E-state index contributed by atoms with van der Waals surface area (Å²) in [4.78, 5) is 5.55. The van der Waals surface area contributed by atoms with Gasteiger partial charge in [-0.3, -0.25) is 0 Å². The minimum absolute atomic E-state index is 0.568. The molecular weight excluding hydrogens is 300 g/mol. The van der Waals surface area contributed by atoms with E-state index >= 15 is 0 Å². The fourth-order valence-corrected chi connectivity index (χ4v) is 3.22. The lowest BCUT2D eigenvalue weighted by molar-refractivity contribution is 0.184. The summed E-state index contributed by atoms with van der Waals surface area (Å²) in [6.07, 6.45) is 2.01. The molecule has 1 heterocycles. The molecule has 0 saturated heterocycles. The predicted molar refractivity (Wildman–Crippen MR) is 83.4 cm³/mol. The van der Waals surface area contributed by atoms with E-state index in [-0.39, 0.29) is 0 Å². The van der Waals surface area contributed by atoms with Crippen LogP contribution in [0.3, 0.4) is 0 Å². The molecule has 0 spiro atoms. The van der Waals surface area contributed by atoms with E-state index in [0.717, 1.165) is 26.3 Å². The minimum atomic E-state index is 0.568. The first-order valence-electron chi connectivity index (χ1n) is 5.72. The Morgan fingerprint density at radius 2 is 2.32 bits per heavy atom. The third kappa shape index (κ3) is 4.11. The zero-order valence-corrected chi connectivity index (χ0v) is 13.2. The number of halogens is 1. The van der Waals surface area contributed by atoms with Crippen molar-refractivity contribution in [1.29, 1.82) is 0 Å². The number of rotatable bonds is 6. The van der Waals surface area contributed by atoms with Crippen molar-refractivity contribution in [2.45, 2.75) is 18.0 Å². The number of nitrogens with zero attached hydrogens (tertiary/aromatic N) is 1. The molecule has 0 bridgehead atoms. The normalized spacial score (nSPS) is 10.7. The summed E-state index contributed by atoms with van der Waals surface area (Å²) >= 11 is 9.42. The molecular formula is C13H15ClN2OS2. The standard InChI is InChI=1S/C13H15ClN2OS2/c1-17-7-13-16-10(8-19-13)6-15-9-3-4-12(18-2)11(14)5-9/h3-5,8,15H,6-7H2,1-2H3. The zero-order chi connectivity index (χ0) is 13.7. The number of hydrogen-bond donors (Lipinski definition) is 1. The fraction of sp³-hybridized carbons (Fsp3) is 0.308. The second-order valence-electron chi connectivity index (χ2n) is 3.87. The van der Waals surface area contributed by atoms with Crippen molar-refractivity contribution in [2.24, 2.45) is 0 Å². The maximum atomic E-state index is 6.17. The zero-order valence-electron chi connectivity index (χ0n) is 10.8. The Hall–Kier alpha value is -0.750. The number of thioether (sulfide) groups is 1. The molecule has 0 unspecified atom stereocenters. The van der Waals surface area contributed by atoms with Gasteiger partial charge in [0.2, 0.25) is 0 Å². The third-order valence-corrected chi connectivity index (χ3v) is 4.58. The molecule has 0 radical (unpaired) electrons. The molecule has 2 rings (SSSR count). The molecule has 1 N–H and O–H groups in total. The van der Waals surface area contributed by atoms with E-state index < -0.39 is 0 Å². The molecule has 0 atom stereocenters. The van der Waals surface area contributed by atoms with Crippen molar-refractivity contribution < 1.29 is 4.74 Å². The average molecular weight is 315 g/mol. The van der Waals surface area contributed by atoms with E-state index in [1.807, 2.05) is 29.8 Å². The first-order valence-corrected chi connectivity index (χ1v) is 8.21. The number of benzene rings is 1. The van der Waals surface area contributed by atoms with Crippen molar-refractivity contribution in [3.63, 3.8) is 0 Å². The smallest absolute Gasteiger partial charge is 0.119 e. The van der Waals surface area contributed by atoms with E-state index in [1.165, 1.54) is 0 Å². The van der Waals surface area contributed by atoms with Crippen LogP contribution in [0, 0.1) is 0 Å². The molecule has 0 fully saturated rings. The fourth-order valence-electron chi connectivity index (χ4n) is 1.59. The van der Waals surface area contributed by atoms with Gasteiger partial charge in [-0.25, -0.2) is 4.98 Å². The van der Waals surface area contributed by atoms with Gasteiger partial charge >= 0.3 is 0 Å². The molecule has 3 nitrogen and oxygen atoms in total. The number of anilines is 1. The lowest BCUT2D eigenvalue weighted by Crippen LogP contribution is -2.00. The molecule has 2 aromatic rings. The highest BCUT2D eigenvalue weighted by Gasteiger charge is 2.03. The Morgan fingerprint density at radius 3 is 3.00 bits per heavy atom. The lowest BCUT2D eigenvalue weighted by Gasteiger charge is -2.07. The number of ether oxygens (including phenoxy) is 1. The van der Waals surface area contributed by atoms with E-state index in [1.54, 1.807) is 30.2 Å². The SMILES string of the molecule is COCc1nc(CNc2ccc(SC)c(Cl)c2)cs1. The van der Waals surface area contributed by atoms with Crippen molar-refractivity contribution in [1.82, 2.24) is 4.98 Å². The van der Waals surface area contributed by atoms with Crippen LogP contribution in [-0.4, -0.2) is 18.3 Å². The van der Waals surface area contributed by atoms with Crippen LogP contribution in [0.2, 0.25) is 5.02 Å². The van der Waals surface area contributed by atoms with Crippen LogP contribution < -0.4 is 5.32 Å². The monoisotopic (exact) mass is 314 g/mol. The second-order valence-corrected chi connectivity index (χ2v) is 6.07.